The molecule has 1 amide bonds. The van der Waals surface area contributed by atoms with Gasteiger partial charge in [0.2, 0.25) is 6.23 Å². The van der Waals surface area contributed by atoms with Crippen molar-refractivity contribution in [3.63, 3.8) is 0 Å². The molecule has 4 rings (SSSR count). The molecule has 0 saturated heterocycles. The summed E-state index contributed by atoms with van der Waals surface area (Å²) in [4.78, 5) is 20.5. The quantitative estimate of drug-likeness (QED) is 0.759. The van der Waals surface area contributed by atoms with Crippen molar-refractivity contribution in [2.45, 2.75) is 43.6 Å². The molecule has 0 fully saturated rings. The molecule has 8 nitrogen and oxygen atoms in total. The molecule has 1 aromatic carbocycles. The SMILES string of the molecule is CC1(C)C[C@@]2(N=C(N)OC(NC(=O)c3ccc(C#N)cn3)C2(F)F)c2ccccc2O1. The van der Waals surface area contributed by atoms with Crippen LogP contribution in [0.3, 0.4) is 0 Å². The number of para-hydroxylation sites is 1. The van der Waals surface area contributed by atoms with E-state index in [2.05, 4.69) is 15.3 Å². The van der Waals surface area contributed by atoms with E-state index >= 15 is 8.78 Å². The first-order valence-corrected chi connectivity index (χ1v) is 9.43. The predicted octanol–water partition coefficient (Wildman–Crippen LogP) is 2.45. The number of alkyl halides is 2. The van der Waals surface area contributed by atoms with Crippen LogP contribution in [0.2, 0.25) is 0 Å². The van der Waals surface area contributed by atoms with Gasteiger partial charge in [0.1, 0.15) is 23.1 Å². The molecule has 1 aromatic heterocycles. The molecular formula is C21H19F2N5O3. The highest BCUT2D eigenvalue weighted by molar-refractivity contribution is 5.92. The summed E-state index contributed by atoms with van der Waals surface area (Å²) in [6.07, 6.45) is -1.13. The van der Waals surface area contributed by atoms with Crippen molar-refractivity contribution in [1.29, 1.82) is 5.26 Å². The van der Waals surface area contributed by atoms with E-state index in [0.717, 1.165) is 0 Å². The van der Waals surface area contributed by atoms with Gasteiger partial charge >= 0.3 is 5.92 Å². The van der Waals surface area contributed by atoms with Gasteiger partial charge in [-0.1, -0.05) is 18.2 Å². The Morgan fingerprint density at radius 3 is 2.71 bits per heavy atom. The zero-order chi connectivity index (χ0) is 22.4. The van der Waals surface area contributed by atoms with Gasteiger partial charge in [0.05, 0.1) is 5.56 Å². The average Bonchev–Trinajstić information content (AvgIpc) is 2.71. The third-order valence-electron chi connectivity index (χ3n) is 5.21. The number of hydrogen-bond donors (Lipinski definition) is 2. The Bertz CT molecular complexity index is 1110. The highest BCUT2D eigenvalue weighted by atomic mass is 19.3. The maximum absolute atomic E-state index is 16.0. The smallest absolute Gasteiger partial charge is 0.331 e. The van der Waals surface area contributed by atoms with E-state index in [9.17, 15) is 4.79 Å². The topological polar surface area (TPSA) is 123 Å². The number of nitriles is 1. The number of nitrogens with one attached hydrogen (secondary N) is 1. The second kappa shape index (κ2) is 6.91. The van der Waals surface area contributed by atoms with Gasteiger partial charge in [-0.15, -0.1) is 0 Å². The van der Waals surface area contributed by atoms with Crippen LogP contribution in [0.25, 0.3) is 0 Å². The third kappa shape index (κ3) is 3.32. The van der Waals surface area contributed by atoms with E-state index in [0.29, 0.717) is 0 Å². The van der Waals surface area contributed by atoms with Crippen LogP contribution in [0.1, 0.15) is 41.9 Å². The molecule has 3 heterocycles. The first-order chi connectivity index (χ1) is 14.6. The number of amides is 1. The van der Waals surface area contributed by atoms with E-state index in [1.54, 1.807) is 32.0 Å². The van der Waals surface area contributed by atoms with Crippen molar-refractivity contribution in [3.05, 3.63) is 59.4 Å². The van der Waals surface area contributed by atoms with E-state index < -0.39 is 35.2 Å². The summed E-state index contributed by atoms with van der Waals surface area (Å²) >= 11 is 0. The van der Waals surface area contributed by atoms with Crippen LogP contribution in [0.15, 0.2) is 47.6 Å². The standard InChI is InChI=1S/C21H19F2N5O3/c1-19(2)11-20(13-5-3-4-6-15(13)31-19)21(22,23)17(30-18(25)28-20)27-16(29)14-8-7-12(9-24)10-26-14/h3-8,10,17H,11H2,1-2H3,(H2,25,28)(H,27,29)/t17?,20-/m1/s1. The summed E-state index contributed by atoms with van der Waals surface area (Å²) in [6, 6.07) is 10.4. The fourth-order valence-corrected chi connectivity index (χ4v) is 3.95. The van der Waals surface area contributed by atoms with E-state index in [1.165, 1.54) is 24.4 Å². The number of halogens is 2. The van der Waals surface area contributed by atoms with Gasteiger partial charge in [0, 0.05) is 18.2 Å². The number of pyridine rings is 1. The van der Waals surface area contributed by atoms with Gasteiger partial charge in [-0.2, -0.15) is 14.0 Å². The van der Waals surface area contributed by atoms with Gasteiger partial charge in [0.15, 0.2) is 5.54 Å². The Kier molecular flexibility index (Phi) is 4.57. The second-order valence-electron chi connectivity index (χ2n) is 7.98. The molecule has 2 atom stereocenters. The fourth-order valence-electron chi connectivity index (χ4n) is 3.95. The highest BCUT2D eigenvalue weighted by Gasteiger charge is 2.68. The lowest BCUT2D eigenvalue weighted by Gasteiger charge is -2.50. The molecule has 0 saturated carbocycles. The minimum Gasteiger partial charge on any atom is -0.487 e. The van der Waals surface area contributed by atoms with Crippen LogP contribution < -0.4 is 15.8 Å². The summed E-state index contributed by atoms with van der Waals surface area (Å²) in [6.45, 7) is 3.35. The average molecular weight is 427 g/mol. The van der Waals surface area contributed by atoms with Crippen LogP contribution in [-0.2, 0) is 10.3 Å². The van der Waals surface area contributed by atoms with Gasteiger partial charge in [0.25, 0.3) is 11.9 Å². The van der Waals surface area contributed by atoms with E-state index in [-0.39, 0.29) is 29.0 Å². The molecule has 2 aliphatic heterocycles. The molecular weight excluding hydrogens is 408 g/mol. The summed E-state index contributed by atoms with van der Waals surface area (Å²) in [5, 5.41) is 11.0. The number of nitrogens with two attached hydrogens (primary N) is 1. The van der Waals surface area contributed by atoms with E-state index in [1.807, 2.05) is 6.07 Å². The first-order valence-electron chi connectivity index (χ1n) is 9.43. The Morgan fingerprint density at radius 1 is 1.29 bits per heavy atom. The number of aromatic nitrogens is 1. The molecule has 2 aromatic rings. The number of rotatable bonds is 2. The summed E-state index contributed by atoms with van der Waals surface area (Å²) < 4.78 is 42.9. The number of carbonyl (C=O) groups excluding carboxylic acids is 1. The maximum atomic E-state index is 16.0. The minimum atomic E-state index is -3.69. The Balaban J connectivity index is 1.74. The number of hydrogen-bond acceptors (Lipinski definition) is 7. The molecule has 2 aliphatic rings. The maximum Gasteiger partial charge on any atom is 0.331 e. The van der Waals surface area contributed by atoms with Gasteiger partial charge < -0.3 is 20.5 Å². The molecule has 0 radical (unpaired) electrons. The largest absolute Gasteiger partial charge is 0.487 e. The van der Waals surface area contributed by atoms with Crippen LogP contribution in [0.4, 0.5) is 8.78 Å². The monoisotopic (exact) mass is 427 g/mol. The van der Waals surface area contributed by atoms with Crippen molar-refractivity contribution in [1.82, 2.24) is 10.3 Å². The Hall–Kier alpha value is -3.74. The van der Waals surface area contributed by atoms with Crippen molar-refractivity contribution in [2.24, 2.45) is 10.7 Å². The van der Waals surface area contributed by atoms with Crippen LogP contribution >= 0.6 is 0 Å². The molecule has 1 unspecified atom stereocenters. The summed E-state index contributed by atoms with van der Waals surface area (Å²) in [5.41, 5.74) is 2.94. The minimum absolute atomic E-state index is 0.152. The summed E-state index contributed by atoms with van der Waals surface area (Å²) in [7, 11) is 0. The molecule has 0 aliphatic carbocycles. The molecule has 3 N–H and O–H groups in total. The molecule has 10 heteroatoms. The molecule has 1 spiro atoms. The van der Waals surface area contributed by atoms with Crippen molar-refractivity contribution < 1.29 is 23.0 Å². The van der Waals surface area contributed by atoms with Crippen LogP contribution in [0, 0.1) is 11.3 Å². The lowest BCUT2D eigenvalue weighted by molar-refractivity contribution is -0.192. The first kappa shape index (κ1) is 20.5. The van der Waals surface area contributed by atoms with Gasteiger partial charge in [-0.05, 0) is 32.0 Å². The summed E-state index contributed by atoms with van der Waals surface area (Å²) in [5.74, 6) is -4.33. The number of ether oxygens (including phenoxy) is 2. The molecule has 31 heavy (non-hydrogen) atoms. The number of amidine groups is 1. The highest BCUT2D eigenvalue weighted by Crippen LogP contribution is 2.56. The second-order valence-corrected chi connectivity index (χ2v) is 7.98. The number of benzene rings is 1. The number of nitrogens with zero attached hydrogens (tertiary/aromatic N) is 3. The third-order valence-corrected chi connectivity index (χ3v) is 5.21. The van der Waals surface area contributed by atoms with E-state index in [4.69, 9.17) is 20.5 Å². The zero-order valence-electron chi connectivity index (χ0n) is 16.7. The molecule has 160 valence electrons. The predicted molar refractivity (Wildman–Crippen MR) is 105 cm³/mol. The molecule has 0 bridgehead atoms. The van der Waals surface area contributed by atoms with Crippen molar-refractivity contribution >= 4 is 11.9 Å². The lowest BCUT2D eigenvalue weighted by atomic mass is 9.72. The van der Waals surface area contributed by atoms with Crippen molar-refractivity contribution in [2.75, 3.05) is 0 Å². The van der Waals surface area contributed by atoms with Gasteiger partial charge in [-0.3, -0.25) is 4.79 Å². The normalized spacial score (nSPS) is 25.3. The number of carbonyl (C=O) groups is 1. The number of fused-ring (bicyclic) bond motifs is 2. The Morgan fingerprint density at radius 2 is 2.03 bits per heavy atom. The van der Waals surface area contributed by atoms with Crippen LogP contribution in [-0.4, -0.2) is 34.7 Å². The van der Waals surface area contributed by atoms with Crippen LogP contribution in [0.5, 0.6) is 5.75 Å². The Labute approximate surface area is 176 Å². The lowest BCUT2D eigenvalue weighted by Crippen LogP contribution is -2.66. The zero-order valence-corrected chi connectivity index (χ0v) is 16.7. The van der Waals surface area contributed by atoms with Gasteiger partial charge in [-0.25, -0.2) is 9.98 Å². The van der Waals surface area contributed by atoms with Crippen molar-refractivity contribution in [3.8, 4) is 11.8 Å². The number of aliphatic imine (C=N–C) groups is 1. The fraction of sp³-hybridized carbons (Fsp3) is 0.333.